The van der Waals surface area contributed by atoms with Gasteiger partial charge in [-0.05, 0) is 31.0 Å². The first-order valence-corrected chi connectivity index (χ1v) is 7.01. The number of allylic oxidation sites excluding steroid dienone is 1. The van der Waals surface area contributed by atoms with E-state index in [-0.39, 0.29) is 5.82 Å². The van der Waals surface area contributed by atoms with Crippen molar-refractivity contribution in [3.05, 3.63) is 52.8 Å². The maximum absolute atomic E-state index is 12.8. The van der Waals surface area contributed by atoms with E-state index in [4.69, 9.17) is 0 Å². The van der Waals surface area contributed by atoms with Crippen LogP contribution in [0.25, 0.3) is 0 Å². The van der Waals surface area contributed by atoms with Crippen LogP contribution in [0.4, 0.5) is 9.52 Å². The van der Waals surface area contributed by atoms with Crippen molar-refractivity contribution in [1.29, 1.82) is 0 Å². The first-order valence-electron chi connectivity index (χ1n) is 6.20. The van der Waals surface area contributed by atoms with Crippen molar-refractivity contribution in [2.75, 3.05) is 11.9 Å². The molecule has 0 unspecified atom stereocenters. The summed E-state index contributed by atoms with van der Waals surface area (Å²) in [5.74, 6) is -0.215. The highest BCUT2D eigenvalue weighted by atomic mass is 32.1. The molecule has 5 heteroatoms. The zero-order valence-corrected chi connectivity index (χ0v) is 11.6. The number of nitrogens with zero attached hydrogens (tertiary/aromatic N) is 2. The molecule has 1 aromatic heterocycles. The van der Waals surface area contributed by atoms with E-state index in [9.17, 15) is 4.39 Å². The van der Waals surface area contributed by atoms with Crippen LogP contribution in [0.3, 0.4) is 0 Å². The van der Waals surface area contributed by atoms with E-state index in [1.165, 1.54) is 23.5 Å². The van der Waals surface area contributed by atoms with E-state index in [1.54, 1.807) is 12.1 Å². The Hall–Kier alpha value is -1.75. The number of nitrogens with one attached hydrogen (secondary N) is 1. The summed E-state index contributed by atoms with van der Waals surface area (Å²) < 4.78 is 12.8. The van der Waals surface area contributed by atoms with E-state index in [1.807, 2.05) is 13.0 Å². The number of hydrogen-bond acceptors (Lipinski definition) is 4. The van der Waals surface area contributed by atoms with Crippen molar-refractivity contribution in [3.8, 4) is 0 Å². The monoisotopic (exact) mass is 277 g/mol. The number of aromatic nitrogens is 2. The molecule has 0 radical (unpaired) electrons. The molecule has 0 saturated carbocycles. The third kappa shape index (κ3) is 4.44. The minimum absolute atomic E-state index is 0.215. The Balaban J connectivity index is 1.88. The van der Waals surface area contributed by atoms with Gasteiger partial charge in [0.05, 0.1) is 0 Å². The van der Waals surface area contributed by atoms with Gasteiger partial charge >= 0.3 is 0 Å². The minimum atomic E-state index is -0.215. The van der Waals surface area contributed by atoms with Crippen LogP contribution in [0.5, 0.6) is 0 Å². The van der Waals surface area contributed by atoms with Crippen molar-refractivity contribution < 1.29 is 4.39 Å². The van der Waals surface area contributed by atoms with Crippen LogP contribution in [0.15, 0.2) is 36.4 Å². The molecule has 1 N–H and O–H groups in total. The van der Waals surface area contributed by atoms with E-state index in [0.29, 0.717) is 6.42 Å². The lowest BCUT2D eigenvalue weighted by Crippen LogP contribution is -1.99. The Labute approximate surface area is 116 Å². The van der Waals surface area contributed by atoms with E-state index in [2.05, 4.69) is 21.6 Å². The lowest BCUT2D eigenvalue weighted by atomic mass is 10.2. The average molecular weight is 277 g/mol. The number of anilines is 1. The number of halogens is 1. The summed E-state index contributed by atoms with van der Waals surface area (Å²) in [6.07, 6.45) is 5.80. The fourth-order valence-corrected chi connectivity index (χ4v) is 2.40. The Kier molecular flexibility index (Phi) is 5.03. The van der Waals surface area contributed by atoms with Gasteiger partial charge < -0.3 is 5.32 Å². The fraction of sp³-hybridized carbons (Fsp3) is 0.286. The molecule has 2 aromatic rings. The predicted molar refractivity (Wildman–Crippen MR) is 77.0 cm³/mol. The Morgan fingerprint density at radius 1 is 1.26 bits per heavy atom. The zero-order chi connectivity index (χ0) is 13.5. The van der Waals surface area contributed by atoms with Crippen LogP contribution < -0.4 is 5.32 Å². The largest absolute Gasteiger partial charge is 0.360 e. The molecule has 0 amide bonds. The summed E-state index contributed by atoms with van der Waals surface area (Å²) in [6, 6.07) is 6.48. The van der Waals surface area contributed by atoms with Gasteiger partial charge in [0.15, 0.2) is 0 Å². The van der Waals surface area contributed by atoms with Crippen molar-refractivity contribution in [1.82, 2.24) is 10.2 Å². The second-order valence-electron chi connectivity index (χ2n) is 4.09. The normalized spacial score (nSPS) is 11.1. The van der Waals surface area contributed by atoms with Gasteiger partial charge in [-0.3, -0.25) is 0 Å². The predicted octanol–water partition coefficient (Wildman–Crippen LogP) is 3.65. The van der Waals surface area contributed by atoms with Crippen molar-refractivity contribution >= 4 is 16.5 Å². The first kappa shape index (κ1) is 13.7. The zero-order valence-electron chi connectivity index (χ0n) is 10.8. The third-order valence-electron chi connectivity index (χ3n) is 2.56. The molecule has 0 saturated heterocycles. The van der Waals surface area contributed by atoms with Crippen LogP contribution >= 0.6 is 11.3 Å². The van der Waals surface area contributed by atoms with E-state index >= 15 is 0 Å². The number of rotatable bonds is 6. The smallest absolute Gasteiger partial charge is 0.205 e. The van der Waals surface area contributed by atoms with E-state index in [0.717, 1.165) is 28.7 Å². The number of hydrogen-bond donors (Lipinski definition) is 1. The highest BCUT2D eigenvalue weighted by molar-refractivity contribution is 7.15. The van der Waals surface area contributed by atoms with Crippen molar-refractivity contribution in [3.63, 3.8) is 0 Å². The van der Waals surface area contributed by atoms with Crippen LogP contribution in [-0.4, -0.2) is 16.7 Å². The standard InChI is InChI=1S/C14H16FN3S/c1-2-3-4-9-16-14-18-17-13(19-14)10-11-5-7-12(15)8-6-11/h2-3,5-8H,4,9-10H2,1H3,(H,16,18)/b3-2+. The van der Waals surface area contributed by atoms with Crippen LogP contribution in [-0.2, 0) is 6.42 Å². The summed E-state index contributed by atoms with van der Waals surface area (Å²) >= 11 is 1.54. The lowest BCUT2D eigenvalue weighted by Gasteiger charge is -1.97. The van der Waals surface area contributed by atoms with Gasteiger partial charge in [-0.15, -0.1) is 10.2 Å². The lowest BCUT2D eigenvalue weighted by molar-refractivity contribution is 0.627. The van der Waals surface area contributed by atoms with Gasteiger partial charge in [0, 0.05) is 13.0 Å². The molecule has 2 rings (SSSR count). The highest BCUT2D eigenvalue weighted by Crippen LogP contribution is 2.18. The SMILES string of the molecule is C/C=C/CCNc1nnc(Cc2ccc(F)cc2)s1. The van der Waals surface area contributed by atoms with Gasteiger partial charge in [-0.2, -0.15) is 0 Å². The molecule has 0 aliphatic rings. The summed E-state index contributed by atoms with van der Waals surface area (Å²) in [4.78, 5) is 0. The molecule has 1 aromatic carbocycles. The van der Waals surface area contributed by atoms with Gasteiger partial charge in [-0.25, -0.2) is 4.39 Å². The average Bonchev–Trinajstić information content (AvgIpc) is 2.85. The molecule has 0 aliphatic carbocycles. The quantitative estimate of drug-likeness (QED) is 0.647. The summed E-state index contributed by atoms with van der Waals surface area (Å²) in [7, 11) is 0. The minimum Gasteiger partial charge on any atom is -0.360 e. The van der Waals surface area contributed by atoms with E-state index < -0.39 is 0 Å². The van der Waals surface area contributed by atoms with Gasteiger partial charge in [0.1, 0.15) is 10.8 Å². The maximum Gasteiger partial charge on any atom is 0.205 e. The van der Waals surface area contributed by atoms with Crippen LogP contribution in [0.2, 0.25) is 0 Å². The fourth-order valence-electron chi connectivity index (χ4n) is 1.60. The maximum atomic E-state index is 12.8. The Morgan fingerprint density at radius 2 is 2.05 bits per heavy atom. The summed E-state index contributed by atoms with van der Waals surface area (Å²) in [6.45, 7) is 2.86. The second kappa shape index (κ2) is 6.99. The Bertz CT molecular complexity index is 534. The second-order valence-corrected chi connectivity index (χ2v) is 5.15. The van der Waals surface area contributed by atoms with Crippen molar-refractivity contribution in [2.24, 2.45) is 0 Å². The molecule has 0 atom stereocenters. The summed E-state index contributed by atoms with van der Waals surface area (Å²) in [5, 5.41) is 13.2. The van der Waals surface area contributed by atoms with Crippen molar-refractivity contribution in [2.45, 2.75) is 19.8 Å². The third-order valence-corrected chi connectivity index (χ3v) is 3.44. The molecule has 19 heavy (non-hydrogen) atoms. The molecule has 0 fully saturated rings. The van der Waals surface area contributed by atoms with Gasteiger partial charge in [-0.1, -0.05) is 35.6 Å². The molecule has 100 valence electrons. The van der Waals surface area contributed by atoms with Gasteiger partial charge in [0.2, 0.25) is 5.13 Å². The Morgan fingerprint density at radius 3 is 2.79 bits per heavy atom. The molecule has 0 bridgehead atoms. The molecule has 0 spiro atoms. The molecule has 0 aliphatic heterocycles. The van der Waals surface area contributed by atoms with Crippen LogP contribution in [0, 0.1) is 5.82 Å². The first-order chi connectivity index (χ1) is 9.28. The highest BCUT2D eigenvalue weighted by Gasteiger charge is 2.04. The molecule has 3 nitrogen and oxygen atoms in total. The van der Waals surface area contributed by atoms with Crippen LogP contribution in [0.1, 0.15) is 23.9 Å². The molecular formula is C14H16FN3S. The summed E-state index contributed by atoms with van der Waals surface area (Å²) in [5.41, 5.74) is 1.04. The van der Waals surface area contributed by atoms with Gasteiger partial charge in [0.25, 0.3) is 0 Å². The molecular weight excluding hydrogens is 261 g/mol. The molecule has 1 heterocycles. The topological polar surface area (TPSA) is 37.8 Å². The number of benzene rings is 1.